The van der Waals surface area contributed by atoms with E-state index in [9.17, 15) is 4.79 Å². The second-order valence-electron chi connectivity index (χ2n) is 5.02. The van der Waals surface area contributed by atoms with Gasteiger partial charge >= 0.3 is 5.97 Å². The van der Waals surface area contributed by atoms with Gasteiger partial charge in [-0.05, 0) is 37.1 Å². The maximum Gasteiger partial charge on any atom is 0.335 e. The minimum atomic E-state index is -0.333. The van der Waals surface area contributed by atoms with Crippen LogP contribution in [0.1, 0.15) is 38.0 Å². The van der Waals surface area contributed by atoms with Crippen molar-refractivity contribution in [2.45, 2.75) is 39.5 Å². The summed E-state index contributed by atoms with van der Waals surface area (Å²) in [5, 5.41) is 1.00. The number of unbranched alkanes of at least 4 members (excludes halogenated alkanes) is 1. The molecule has 0 bridgehead atoms. The van der Waals surface area contributed by atoms with E-state index in [0.29, 0.717) is 5.75 Å². The first-order valence-corrected chi connectivity index (χ1v) is 8.48. The van der Waals surface area contributed by atoms with Crippen molar-refractivity contribution in [3.05, 3.63) is 47.5 Å². The molecule has 1 aromatic carbocycles. The molecule has 3 nitrogen and oxygen atoms in total. The summed E-state index contributed by atoms with van der Waals surface area (Å²) in [6.45, 7) is 4.23. The Morgan fingerprint density at radius 1 is 1.23 bits per heavy atom. The Hall–Kier alpha value is -1.94. The first kappa shape index (κ1) is 16.4. The third-order valence-corrected chi connectivity index (χ3v) is 4.19. The Morgan fingerprint density at radius 2 is 2.00 bits per heavy atom. The number of carbonyl (C=O) groups is 1. The van der Waals surface area contributed by atoms with Crippen molar-refractivity contribution in [3.63, 3.8) is 0 Å². The summed E-state index contributed by atoms with van der Waals surface area (Å²) in [4.78, 5) is 17.3. The average molecular weight is 315 g/mol. The minimum Gasteiger partial charge on any atom is -0.423 e. The van der Waals surface area contributed by atoms with E-state index in [2.05, 4.69) is 18.8 Å². The van der Waals surface area contributed by atoms with E-state index in [1.54, 1.807) is 11.3 Å². The van der Waals surface area contributed by atoms with Gasteiger partial charge in [0.15, 0.2) is 0 Å². The highest BCUT2D eigenvalue weighted by Gasteiger charge is 2.06. The fourth-order valence-corrected chi connectivity index (χ4v) is 2.98. The molecule has 0 radical (unpaired) electrons. The number of nitrogens with zero attached hydrogens (tertiary/aromatic N) is 1. The lowest BCUT2D eigenvalue weighted by Gasteiger charge is -2.02. The summed E-state index contributed by atoms with van der Waals surface area (Å²) >= 11 is 1.71. The standard InChI is InChI=1S/C18H21NO2S/c1-3-5-6-8-17(20)21-15-11-9-14(10-12-15)18-19-13-16(22-18)7-4-2/h6,8-13H,3-5,7H2,1-2H3/b8-6+. The van der Waals surface area contributed by atoms with Gasteiger partial charge in [-0.2, -0.15) is 0 Å². The summed E-state index contributed by atoms with van der Waals surface area (Å²) in [5.41, 5.74) is 1.05. The molecule has 0 fully saturated rings. The number of carbonyl (C=O) groups excluding carboxylic acids is 1. The maximum absolute atomic E-state index is 11.6. The average Bonchev–Trinajstić information content (AvgIpc) is 2.97. The third-order valence-electron chi connectivity index (χ3n) is 3.08. The summed E-state index contributed by atoms with van der Waals surface area (Å²) in [7, 11) is 0. The topological polar surface area (TPSA) is 39.2 Å². The molecule has 0 N–H and O–H groups in total. The highest BCUT2D eigenvalue weighted by Crippen LogP contribution is 2.27. The molecule has 1 aromatic heterocycles. The molecule has 0 saturated carbocycles. The Balaban J connectivity index is 1.98. The fourth-order valence-electron chi connectivity index (χ4n) is 1.96. The first-order chi connectivity index (χ1) is 10.7. The van der Waals surface area contributed by atoms with Gasteiger partial charge in [-0.15, -0.1) is 11.3 Å². The van der Waals surface area contributed by atoms with Crippen LogP contribution < -0.4 is 4.74 Å². The second kappa shape index (κ2) is 8.49. The van der Waals surface area contributed by atoms with Crippen molar-refractivity contribution < 1.29 is 9.53 Å². The number of aryl methyl sites for hydroxylation is 1. The van der Waals surface area contributed by atoms with Crippen molar-refractivity contribution in [2.24, 2.45) is 0 Å². The molecule has 0 amide bonds. The van der Waals surface area contributed by atoms with Crippen molar-refractivity contribution in [2.75, 3.05) is 0 Å². The fraction of sp³-hybridized carbons (Fsp3) is 0.333. The lowest BCUT2D eigenvalue weighted by Crippen LogP contribution is -2.03. The van der Waals surface area contributed by atoms with Crippen LogP contribution in [0.25, 0.3) is 10.6 Å². The lowest BCUT2D eigenvalue weighted by molar-refractivity contribution is -0.129. The zero-order valence-corrected chi connectivity index (χ0v) is 13.9. The summed E-state index contributed by atoms with van der Waals surface area (Å²) in [5.74, 6) is 0.223. The van der Waals surface area contributed by atoms with Gasteiger partial charge in [-0.25, -0.2) is 9.78 Å². The van der Waals surface area contributed by atoms with Gasteiger partial charge in [0.05, 0.1) is 0 Å². The predicted molar refractivity (Wildman–Crippen MR) is 91.2 cm³/mol. The molecule has 116 valence electrons. The molecule has 22 heavy (non-hydrogen) atoms. The zero-order chi connectivity index (χ0) is 15.8. The molecule has 0 atom stereocenters. The molecule has 0 aliphatic heterocycles. The third kappa shape index (κ3) is 4.81. The quantitative estimate of drug-likeness (QED) is 0.409. The number of ether oxygens (including phenoxy) is 1. The molecule has 0 aliphatic rings. The predicted octanol–water partition coefficient (Wildman–Crippen LogP) is 5.02. The van der Waals surface area contributed by atoms with E-state index < -0.39 is 0 Å². The zero-order valence-electron chi connectivity index (χ0n) is 13.0. The van der Waals surface area contributed by atoms with E-state index in [1.807, 2.05) is 36.5 Å². The van der Waals surface area contributed by atoms with Crippen LogP contribution in [0, 0.1) is 0 Å². The Kier molecular flexibility index (Phi) is 6.34. The number of benzene rings is 1. The second-order valence-corrected chi connectivity index (χ2v) is 6.13. The molecule has 2 rings (SSSR count). The first-order valence-electron chi connectivity index (χ1n) is 7.66. The Morgan fingerprint density at radius 3 is 2.68 bits per heavy atom. The van der Waals surface area contributed by atoms with Gasteiger partial charge in [0.25, 0.3) is 0 Å². The largest absolute Gasteiger partial charge is 0.423 e. The van der Waals surface area contributed by atoms with Crippen LogP contribution in [-0.4, -0.2) is 11.0 Å². The van der Waals surface area contributed by atoms with Gasteiger partial charge in [0.2, 0.25) is 0 Å². The highest BCUT2D eigenvalue weighted by molar-refractivity contribution is 7.15. The number of esters is 1. The SMILES string of the molecule is CCC/C=C/C(=O)Oc1ccc(-c2ncc(CCC)s2)cc1. The minimum absolute atomic E-state index is 0.333. The van der Waals surface area contributed by atoms with Crippen molar-refractivity contribution in [1.29, 1.82) is 0 Å². The van der Waals surface area contributed by atoms with E-state index in [1.165, 1.54) is 11.0 Å². The van der Waals surface area contributed by atoms with Crippen LogP contribution in [0.4, 0.5) is 0 Å². The van der Waals surface area contributed by atoms with Crippen LogP contribution in [0.3, 0.4) is 0 Å². The molecular weight excluding hydrogens is 294 g/mol. The lowest BCUT2D eigenvalue weighted by atomic mass is 10.2. The highest BCUT2D eigenvalue weighted by atomic mass is 32.1. The van der Waals surface area contributed by atoms with Gasteiger partial charge in [-0.1, -0.05) is 32.8 Å². The van der Waals surface area contributed by atoms with Gasteiger partial charge < -0.3 is 4.74 Å². The molecule has 0 spiro atoms. The van der Waals surface area contributed by atoms with Gasteiger partial charge in [0, 0.05) is 22.7 Å². The number of aromatic nitrogens is 1. The Bertz CT molecular complexity index is 629. The van der Waals surface area contributed by atoms with Crippen LogP contribution in [0.15, 0.2) is 42.6 Å². The molecule has 0 saturated heterocycles. The molecular formula is C18H21NO2S. The van der Waals surface area contributed by atoms with Gasteiger partial charge in [-0.3, -0.25) is 0 Å². The number of hydrogen-bond donors (Lipinski definition) is 0. The molecule has 2 aromatic rings. The van der Waals surface area contributed by atoms with Crippen LogP contribution in [0.2, 0.25) is 0 Å². The van der Waals surface area contributed by atoms with Crippen LogP contribution in [0.5, 0.6) is 5.75 Å². The van der Waals surface area contributed by atoms with Crippen molar-refractivity contribution in [1.82, 2.24) is 4.98 Å². The van der Waals surface area contributed by atoms with Crippen LogP contribution >= 0.6 is 11.3 Å². The van der Waals surface area contributed by atoms with Crippen molar-refractivity contribution >= 4 is 17.3 Å². The molecule has 0 aliphatic carbocycles. The van der Waals surface area contributed by atoms with E-state index >= 15 is 0 Å². The number of rotatable bonds is 7. The number of allylic oxidation sites excluding steroid dienone is 1. The normalized spacial score (nSPS) is 11.0. The number of thiazole rings is 1. The maximum atomic E-state index is 11.6. The molecule has 4 heteroatoms. The summed E-state index contributed by atoms with van der Waals surface area (Å²) < 4.78 is 5.25. The van der Waals surface area contributed by atoms with Crippen molar-refractivity contribution in [3.8, 4) is 16.3 Å². The van der Waals surface area contributed by atoms with Gasteiger partial charge in [0.1, 0.15) is 10.8 Å². The van der Waals surface area contributed by atoms with Crippen LogP contribution in [-0.2, 0) is 11.2 Å². The summed E-state index contributed by atoms with van der Waals surface area (Å²) in [6, 6.07) is 7.49. The van der Waals surface area contributed by atoms with E-state index in [-0.39, 0.29) is 5.97 Å². The number of hydrogen-bond acceptors (Lipinski definition) is 4. The smallest absolute Gasteiger partial charge is 0.335 e. The molecule has 0 unspecified atom stereocenters. The van der Waals surface area contributed by atoms with E-state index in [0.717, 1.165) is 36.3 Å². The van der Waals surface area contributed by atoms with E-state index in [4.69, 9.17) is 4.74 Å². The Labute approximate surface area is 135 Å². The molecule has 1 heterocycles. The monoisotopic (exact) mass is 315 g/mol. The summed E-state index contributed by atoms with van der Waals surface area (Å²) in [6.07, 6.45) is 9.36.